The molecule has 0 rings (SSSR count). The predicted octanol–water partition coefficient (Wildman–Crippen LogP) is -1.30. The van der Waals surface area contributed by atoms with Crippen LogP contribution in [-0.2, 0) is 4.74 Å². The first-order valence-corrected chi connectivity index (χ1v) is 2.50. The van der Waals surface area contributed by atoms with Crippen molar-refractivity contribution in [1.29, 1.82) is 0 Å². The Morgan fingerprint density at radius 3 is 2.57 bits per heavy atom. The van der Waals surface area contributed by atoms with E-state index in [4.69, 9.17) is 4.74 Å². The van der Waals surface area contributed by atoms with Crippen LogP contribution in [0.2, 0.25) is 0 Å². The van der Waals surface area contributed by atoms with Gasteiger partial charge in [0.05, 0.1) is 6.61 Å². The number of hydrogen-bond donors (Lipinski definition) is 0. The van der Waals surface area contributed by atoms with E-state index in [0.29, 0.717) is 6.61 Å². The smallest absolute Gasteiger partial charge is 0.537 e. The Kier molecular flexibility index (Phi) is 14.8. The molecular weight excluding hydrogens is 151 g/mol. The molecule has 0 heterocycles. The SMILES string of the molecule is CCOC=[C-]Br.[Li+]. The van der Waals surface area contributed by atoms with Gasteiger partial charge in [0.25, 0.3) is 0 Å². The Morgan fingerprint density at radius 2 is 2.43 bits per heavy atom. The van der Waals surface area contributed by atoms with E-state index in [9.17, 15) is 0 Å². The van der Waals surface area contributed by atoms with E-state index in [0.717, 1.165) is 0 Å². The molecule has 0 aromatic rings. The van der Waals surface area contributed by atoms with E-state index in [1.54, 1.807) is 0 Å². The second-order valence-electron chi connectivity index (χ2n) is 0.682. The maximum atomic E-state index is 4.70. The fourth-order valence-corrected chi connectivity index (χ4v) is 0.247. The molecule has 0 N–H and O–H groups in total. The van der Waals surface area contributed by atoms with Crippen LogP contribution in [0.5, 0.6) is 0 Å². The molecule has 0 atom stereocenters. The van der Waals surface area contributed by atoms with Gasteiger partial charge in [0.2, 0.25) is 0 Å². The van der Waals surface area contributed by atoms with Crippen molar-refractivity contribution < 1.29 is 23.6 Å². The minimum Gasteiger partial charge on any atom is -0.537 e. The molecule has 0 amide bonds. The van der Waals surface area contributed by atoms with Gasteiger partial charge in [-0.1, -0.05) is 6.26 Å². The zero-order valence-electron chi connectivity index (χ0n) is 4.57. The van der Waals surface area contributed by atoms with E-state index < -0.39 is 0 Å². The van der Waals surface area contributed by atoms with Crippen LogP contribution in [0.1, 0.15) is 6.92 Å². The third kappa shape index (κ3) is 10.8. The van der Waals surface area contributed by atoms with Gasteiger partial charge in [0.1, 0.15) is 0 Å². The molecule has 7 heavy (non-hydrogen) atoms. The summed E-state index contributed by atoms with van der Waals surface area (Å²) in [6, 6.07) is 0. The van der Waals surface area contributed by atoms with Gasteiger partial charge in [-0.05, 0) is 6.92 Å². The molecule has 0 fully saturated rings. The second kappa shape index (κ2) is 9.79. The molecule has 1 nitrogen and oxygen atoms in total. The maximum Gasteiger partial charge on any atom is 1.00 e. The van der Waals surface area contributed by atoms with Crippen LogP contribution in [0.4, 0.5) is 0 Å². The van der Waals surface area contributed by atoms with Gasteiger partial charge in [0.15, 0.2) is 0 Å². The Bertz CT molecular complexity index is 47.0. The van der Waals surface area contributed by atoms with Crippen molar-refractivity contribution in [3.8, 4) is 0 Å². The first-order chi connectivity index (χ1) is 2.91. The predicted molar refractivity (Wildman–Crippen MR) is 28.4 cm³/mol. The van der Waals surface area contributed by atoms with Crippen LogP contribution >= 0.6 is 15.9 Å². The standard InChI is InChI=1S/C4H6BrO.Li/c1-2-6-4-3-5;/h4H,2H2,1H3;/q-1;+1. The van der Waals surface area contributed by atoms with Gasteiger partial charge in [-0.25, -0.2) is 0 Å². The van der Waals surface area contributed by atoms with Crippen LogP contribution in [0.15, 0.2) is 6.26 Å². The fraction of sp³-hybridized carbons (Fsp3) is 0.500. The molecule has 0 bridgehead atoms. The molecule has 0 aromatic heterocycles. The summed E-state index contributed by atoms with van der Waals surface area (Å²) < 4.78 is 4.70. The minimum absolute atomic E-state index is 0. The summed E-state index contributed by atoms with van der Waals surface area (Å²) in [4.78, 5) is 2.53. The van der Waals surface area contributed by atoms with E-state index in [2.05, 4.69) is 20.9 Å². The van der Waals surface area contributed by atoms with E-state index in [1.165, 1.54) is 6.26 Å². The van der Waals surface area contributed by atoms with Crippen molar-refractivity contribution in [1.82, 2.24) is 0 Å². The quantitative estimate of drug-likeness (QED) is 0.275. The first kappa shape index (κ1) is 10.6. The number of hydrogen-bond acceptors (Lipinski definition) is 1. The average molecular weight is 157 g/mol. The van der Waals surface area contributed by atoms with Crippen LogP contribution in [0.3, 0.4) is 0 Å². The van der Waals surface area contributed by atoms with E-state index in [1.807, 2.05) is 6.92 Å². The van der Waals surface area contributed by atoms with Gasteiger partial charge in [-0.3, -0.25) is 0 Å². The summed E-state index contributed by atoms with van der Waals surface area (Å²) in [7, 11) is 0. The summed E-state index contributed by atoms with van der Waals surface area (Å²) in [5.41, 5.74) is 0. The summed E-state index contributed by atoms with van der Waals surface area (Å²) in [6.45, 7) is 2.62. The molecule has 0 aliphatic heterocycles. The van der Waals surface area contributed by atoms with Gasteiger partial charge in [0, 0.05) is 0 Å². The normalized spacial score (nSPS) is 8.29. The maximum absolute atomic E-state index is 4.70. The van der Waals surface area contributed by atoms with Gasteiger partial charge in [-0.15, -0.1) is 0 Å². The Labute approximate surface area is 64.4 Å². The summed E-state index contributed by atoms with van der Waals surface area (Å²) in [6.07, 6.45) is 1.47. The van der Waals surface area contributed by atoms with Gasteiger partial charge in [-0.2, -0.15) is 0 Å². The van der Waals surface area contributed by atoms with Gasteiger partial charge >= 0.3 is 18.9 Å². The summed E-state index contributed by atoms with van der Waals surface area (Å²) in [5, 5.41) is 0. The van der Waals surface area contributed by atoms with E-state index >= 15 is 0 Å². The molecule has 0 unspecified atom stereocenters. The molecular formula is C4H6BrLiO. The Hall–Kier alpha value is 0.617. The largest absolute Gasteiger partial charge is 1.00 e. The molecule has 0 aromatic carbocycles. The van der Waals surface area contributed by atoms with Crippen molar-refractivity contribution in [3.05, 3.63) is 11.2 Å². The third-order valence-electron chi connectivity index (χ3n) is 0.295. The van der Waals surface area contributed by atoms with Crippen LogP contribution < -0.4 is 18.9 Å². The Balaban J connectivity index is 0. The molecule has 0 aliphatic rings. The van der Waals surface area contributed by atoms with E-state index in [-0.39, 0.29) is 18.9 Å². The molecule has 0 spiro atoms. The van der Waals surface area contributed by atoms with Crippen molar-refractivity contribution >= 4 is 15.9 Å². The zero-order chi connectivity index (χ0) is 4.83. The van der Waals surface area contributed by atoms with Gasteiger partial charge < -0.3 is 25.7 Å². The van der Waals surface area contributed by atoms with Crippen LogP contribution in [0.25, 0.3) is 0 Å². The van der Waals surface area contributed by atoms with Crippen molar-refractivity contribution in [2.75, 3.05) is 6.61 Å². The molecule has 0 saturated carbocycles. The second-order valence-corrected chi connectivity index (χ2v) is 1.14. The monoisotopic (exact) mass is 156 g/mol. The average Bonchev–Trinajstić information content (AvgIpc) is 1.61. The molecule has 0 aliphatic carbocycles. The summed E-state index contributed by atoms with van der Waals surface area (Å²) >= 11 is 2.92. The topological polar surface area (TPSA) is 9.23 Å². The fourth-order valence-electron chi connectivity index (χ4n) is 0.115. The third-order valence-corrected chi connectivity index (χ3v) is 0.481. The Morgan fingerprint density at radius 1 is 1.86 bits per heavy atom. The first-order valence-electron chi connectivity index (χ1n) is 1.71. The molecule has 36 valence electrons. The number of ether oxygens (including phenoxy) is 1. The number of halogens is 1. The molecule has 0 radical (unpaired) electrons. The summed E-state index contributed by atoms with van der Waals surface area (Å²) in [5.74, 6) is 0. The van der Waals surface area contributed by atoms with Crippen LogP contribution in [-0.4, -0.2) is 6.61 Å². The van der Waals surface area contributed by atoms with Crippen molar-refractivity contribution in [2.45, 2.75) is 6.92 Å². The van der Waals surface area contributed by atoms with Crippen LogP contribution in [0, 0.1) is 4.99 Å². The van der Waals surface area contributed by atoms with Crippen molar-refractivity contribution in [2.24, 2.45) is 0 Å². The van der Waals surface area contributed by atoms with Crippen molar-refractivity contribution in [3.63, 3.8) is 0 Å². The minimum atomic E-state index is 0. The molecule has 0 saturated heterocycles. The molecule has 3 heteroatoms. The number of rotatable bonds is 2. The zero-order valence-corrected chi connectivity index (χ0v) is 6.16.